The van der Waals surface area contributed by atoms with Gasteiger partial charge in [0.1, 0.15) is 12.1 Å². The van der Waals surface area contributed by atoms with Gasteiger partial charge in [0.05, 0.1) is 0 Å². The second-order valence-electron chi connectivity index (χ2n) is 6.91. The summed E-state index contributed by atoms with van der Waals surface area (Å²) in [6.07, 6.45) is 1.25. The van der Waals surface area contributed by atoms with Crippen molar-refractivity contribution in [2.45, 2.75) is 64.6 Å². The van der Waals surface area contributed by atoms with Crippen molar-refractivity contribution in [3.63, 3.8) is 0 Å². The smallest absolute Gasteiger partial charge is 0.326 e. The molecular formula is C19H30N2O4. The van der Waals surface area contributed by atoms with E-state index in [4.69, 9.17) is 10.8 Å². The highest BCUT2D eigenvalue weighted by atomic mass is 16.4. The second kappa shape index (κ2) is 10.2. The summed E-state index contributed by atoms with van der Waals surface area (Å²) in [4.78, 5) is 23.3. The zero-order chi connectivity index (χ0) is 19.0. The van der Waals surface area contributed by atoms with Crippen molar-refractivity contribution in [1.29, 1.82) is 0 Å². The molecule has 1 aromatic rings. The molecule has 3 atom stereocenters. The van der Waals surface area contributed by atoms with Crippen molar-refractivity contribution >= 4 is 11.9 Å². The van der Waals surface area contributed by atoms with Crippen LogP contribution in [0.3, 0.4) is 0 Å². The van der Waals surface area contributed by atoms with Gasteiger partial charge in [-0.15, -0.1) is 0 Å². The number of aliphatic carboxylic acids is 1. The summed E-state index contributed by atoms with van der Waals surface area (Å²) in [6, 6.07) is 6.08. The molecule has 0 heterocycles. The maximum Gasteiger partial charge on any atom is 0.326 e. The summed E-state index contributed by atoms with van der Waals surface area (Å²) < 4.78 is 0. The van der Waals surface area contributed by atoms with Crippen LogP contribution in [0.25, 0.3) is 0 Å². The van der Waals surface area contributed by atoms with Crippen LogP contribution in [0.4, 0.5) is 0 Å². The van der Waals surface area contributed by atoms with Crippen LogP contribution in [-0.4, -0.2) is 40.3 Å². The monoisotopic (exact) mass is 350 g/mol. The van der Waals surface area contributed by atoms with E-state index in [9.17, 15) is 14.7 Å². The van der Waals surface area contributed by atoms with Crippen LogP contribution in [0.1, 0.15) is 44.7 Å². The fraction of sp³-hybridized carbons (Fsp3) is 0.579. The molecule has 0 bridgehead atoms. The zero-order valence-electron chi connectivity index (χ0n) is 15.2. The first-order valence-electron chi connectivity index (χ1n) is 8.79. The SMILES string of the molecule is CCCc1ccc(CC(N)C(O)C(=O)N[C@@H](CC(C)C)C(=O)O)cc1. The Hall–Kier alpha value is -1.92. The van der Waals surface area contributed by atoms with Gasteiger partial charge in [0.15, 0.2) is 0 Å². The van der Waals surface area contributed by atoms with Crippen LogP contribution >= 0.6 is 0 Å². The Morgan fingerprint density at radius 1 is 1.16 bits per heavy atom. The average molecular weight is 350 g/mol. The van der Waals surface area contributed by atoms with Crippen LogP contribution < -0.4 is 11.1 Å². The van der Waals surface area contributed by atoms with E-state index in [0.29, 0.717) is 12.8 Å². The van der Waals surface area contributed by atoms with Gasteiger partial charge in [-0.2, -0.15) is 0 Å². The molecule has 0 aliphatic carbocycles. The molecule has 25 heavy (non-hydrogen) atoms. The van der Waals surface area contributed by atoms with E-state index in [2.05, 4.69) is 12.2 Å². The first-order chi connectivity index (χ1) is 11.7. The summed E-state index contributed by atoms with van der Waals surface area (Å²) >= 11 is 0. The number of benzene rings is 1. The number of amides is 1. The van der Waals surface area contributed by atoms with Crippen LogP contribution in [0.5, 0.6) is 0 Å². The maximum atomic E-state index is 12.1. The molecule has 2 unspecified atom stereocenters. The number of aliphatic hydroxyl groups excluding tert-OH is 1. The van der Waals surface area contributed by atoms with E-state index in [0.717, 1.165) is 18.4 Å². The fourth-order valence-electron chi connectivity index (χ4n) is 2.66. The lowest BCUT2D eigenvalue weighted by Gasteiger charge is -2.22. The zero-order valence-corrected chi connectivity index (χ0v) is 15.2. The fourth-order valence-corrected chi connectivity index (χ4v) is 2.66. The Morgan fingerprint density at radius 2 is 1.72 bits per heavy atom. The molecule has 0 saturated carbocycles. The van der Waals surface area contributed by atoms with Crippen LogP contribution in [-0.2, 0) is 22.4 Å². The number of carboxylic acids is 1. The molecule has 140 valence electrons. The summed E-state index contributed by atoms with van der Waals surface area (Å²) in [6.45, 7) is 5.85. The molecule has 1 amide bonds. The van der Waals surface area contributed by atoms with Gasteiger partial charge in [-0.1, -0.05) is 51.5 Å². The highest BCUT2D eigenvalue weighted by molar-refractivity contribution is 5.86. The Kier molecular flexibility index (Phi) is 8.58. The molecule has 0 spiro atoms. The highest BCUT2D eigenvalue weighted by Crippen LogP contribution is 2.10. The normalized spacial score (nSPS) is 14.8. The highest BCUT2D eigenvalue weighted by Gasteiger charge is 2.28. The Balaban J connectivity index is 2.62. The van der Waals surface area contributed by atoms with Crippen molar-refractivity contribution < 1.29 is 19.8 Å². The third-order valence-electron chi connectivity index (χ3n) is 4.03. The lowest BCUT2D eigenvalue weighted by Crippen LogP contribution is -2.52. The number of nitrogens with two attached hydrogens (primary N) is 1. The minimum atomic E-state index is -1.45. The number of aliphatic hydroxyl groups is 1. The topological polar surface area (TPSA) is 113 Å². The van der Waals surface area contributed by atoms with Crippen LogP contribution in [0, 0.1) is 5.92 Å². The van der Waals surface area contributed by atoms with Crippen molar-refractivity contribution in [2.75, 3.05) is 0 Å². The molecule has 0 aliphatic heterocycles. The van der Waals surface area contributed by atoms with Gasteiger partial charge in [-0.05, 0) is 36.3 Å². The number of carbonyl (C=O) groups is 2. The van der Waals surface area contributed by atoms with E-state index in [1.165, 1.54) is 5.56 Å². The molecule has 0 radical (unpaired) electrons. The predicted molar refractivity (Wildman–Crippen MR) is 97.1 cm³/mol. The largest absolute Gasteiger partial charge is 0.480 e. The van der Waals surface area contributed by atoms with Crippen LogP contribution in [0.15, 0.2) is 24.3 Å². The summed E-state index contributed by atoms with van der Waals surface area (Å²) in [5, 5.41) is 21.7. The lowest BCUT2D eigenvalue weighted by atomic mass is 9.99. The van der Waals surface area contributed by atoms with Gasteiger partial charge < -0.3 is 21.3 Å². The van der Waals surface area contributed by atoms with Gasteiger partial charge in [0, 0.05) is 6.04 Å². The molecular weight excluding hydrogens is 320 g/mol. The molecule has 0 aliphatic rings. The van der Waals surface area contributed by atoms with E-state index in [-0.39, 0.29) is 5.92 Å². The average Bonchev–Trinajstić information content (AvgIpc) is 2.54. The number of aryl methyl sites for hydroxylation is 1. The molecule has 0 saturated heterocycles. The predicted octanol–water partition coefficient (Wildman–Crippen LogP) is 1.49. The summed E-state index contributed by atoms with van der Waals surface area (Å²) in [5.74, 6) is -1.76. The molecule has 6 heteroatoms. The van der Waals surface area contributed by atoms with E-state index in [1.54, 1.807) is 0 Å². The number of nitrogens with one attached hydrogen (secondary N) is 1. The molecule has 1 aromatic carbocycles. The van der Waals surface area contributed by atoms with Gasteiger partial charge in [-0.25, -0.2) is 4.79 Å². The first kappa shape index (κ1) is 21.1. The third-order valence-corrected chi connectivity index (χ3v) is 4.03. The quantitative estimate of drug-likeness (QED) is 0.511. The van der Waals surface area contributed by atoms with Crippen molar-refractivity contribution in [1.82, 2.24) is 5.32 Å². The summed E-state index contributed by atoms with van der Waals surface area (Å²) in [7, 11) is 0. The second-order valence-corrected chi connectivity index (χ2v) is 6.91. The Labute approximate surface area is 149 Å². The van der Waals surface area contributed by atoms with Gasteiger partial charge in [0.25, 0.3) is 5.91 Å². The number of hydrogen-bond donors (Lipinski definition) is 4. The van der Waals surface area contributed by atoms with Crippen molar-refractivity contribution in [3.05, 3.63) is 35.4 Å². The number of hydrogen-bond acceptors (Lipinski definition) is 4. The number of carboxylic acid groups (broad SMARTS) is 1. The number of carbonyl (C=O) groups excluding carboxylic acids is 1. The van der Waals surface area contributed by atoms with E-state index < -0.39 is 30.1 Å². The van der Waals surface area contributed by atoms with Gasteiger partial charge >= 0.3 is 5.97 Å². The van der Waals surface area contributed by atoms with Gasteiger partial charge in [-0.3, -0.25) is 4.79 Å². The molecule has 6 nitrogen and oxygen atoms in total. The van der Waals surface area contributed by atoms with E-state index >= 15 is 0 Å². The number of rotatable bonds is 10. The molecule has 0 fully saturated rings. The third kappa shape index (κ3) is 7.23. The minimum Gasteiger partial charge on any atom is -0.480 e. The summed E-state index contributed by atoms with van der Waals surface area (Å²) in [5.41, 5.74) is 8.10. The van der Waals surface area contributed by atoms with Crippen molar-refractivity contribution in [2.24, 2.45) is 11.7 Å². The Morgan fingerprint density at radius 3 is 2.20 bits per heavy atom. The van der Waals surface area contributed by atoms with Crippen LogP contribution in [0.2, 0.25) is 0 Å². The van der Waals surface area contributed by atoms with Gasteiger partial charge in [0.2, 0.25) is 0 Å². The lowest BCUT2D eigenvalue weighted by molar-refractivity contribution is -0.144. The molecule has 5 N–H and O–H groups in total. The standard InChI is InChI=1S/C19H30N2O4/c1-4-5-13-6-8-14(9-7-13)11-15(20)17(22)18(23)21-16(19(24)25)10-12(2)3/h6-9,12,15-17,22H,4-5,10-11,20H2,1-3H3,(H,21,23)(H,24,25)/t15?,16-,17?/m0/s1. The first-order valence-corrected chi connectivity index (χ1v) is 8.79. The maximum absolute atomic E-state index is 12.1. The minimum absolute atomic E-state index is 0.105. The molecule has 0 aromatic heterocycles. The molecule has 1 rings (SSSR count). The van der Waals surface area contributed by atoms with E-state index in [1.807, 2.05) is 38.1 Å². The van der Waals surface area contributed by atoms with Crippen molar-refractivity contribution in [3.8, 4) is 0 Å². The Bertz CT molecular complexity index is 557.